The van der Waals surface area contributed by atoms with Crippen LogP contribution in [0, 0.1) is 6.92 Å². The van der Waals surface area contributed by atoms with Gasteiger partial charge in [0.2, 0.25) is 0 Å². The number of thiazole rings is 1. The van der Waals surface area contributed by atoms with Crippen molar-refractivity contribution in [2.24, 2.45) is 0 Å². The van der Waals surface area contributed by atoms with E-state index in [1.165, 1.54) is 11.3 Å². The van der Waals surface area contributed by atoms with Crippen LogP contribution in [0.4, 0.5) is 0 Å². The van der Waals surface area contributed by atoms with Gasteiger partial charge in [-0.3, -0.25) is 0 Å². The molecule has 1 aliphatic rings. The van der Waals surface area contributed by atoms with Gasteiger partial charge in [-0.25, -0.2) is 9.78 Å². The highest BCUT2D eigenvalue weighted by Crippen LogP contribution is 2.28. The fraction of sp³-hybridized carbons (Fsp3) is 0.556. The summed E-state index contributed by atoms with van der Waals surface area (Å²) in [4.78, 5) is 15.5. The van der Waals surface area contributed by atoms with Crippen LogP contribution in [0.25, 0.3) is 0 Å². The molecule has 1 aromatic rings. The number of carbonyl (C=O) groups is 1. The van der Waals surface area contributed by atoms with Crippen LogP contribution in [-0.4, -0.2) is 22.6 Å². The van der Waals surface area contributed by atoms with Crippen LogP contribution >= 0.6 is 11.3 Å². The number of aromatic carboxylic acids is 1. The van der Waals surface area contributed by atoms with Gasteiger partial charge in [-0.15, -0.1) is 11.3 Å². The summed E-state index contributed by atoms with van der Waals surface area (Å²) in [5, 5.41) is 13.1. The quantitative estimate of drug-likeness (QED) is 0.781. The Balaban J connectivity index is 2.27. The predicted octanol–water partition coefficient (Wildman–Crippen LogP) is 1.57. The van der Waals surface area contributed by atoms with Crippen LogP contribution in [0.1, 0.15) is 39.3 Å². The van der Waals surface area contributed by atoms with Gasteiger partial charge in [0, 0.05) is 0 Å². The zero-order valence-corrected chi connectivity index (χ0v) is 8.73. The third-order valence-electron chi connectivity index (χ3n) is 2.37. The van der Waals surface area contributed by atoms with Gasteiger partial charge in [0.25, 0.3) is 0 Å². The molecule has 1 unspecified atom stereocenters. The Kier molecular flexibility index (Phi) is 2.52. The van der Waals surface area contributed by atoms with Crippen LogP contribution in [0.2, 0.25) is 0 Å². The average Bonchev–Trinajstić information content (AvgIpc) is 2.70. The predicted molar refractivity (Wildman–Crippen MR) is 53.8 cm³/mol. The van der Waals surface area contributed by atoms with Gasteiger partial charge < -0.3 is 10.4 Å². The van der Waals surface area contributed by atoms with E-state index in [1.54, 1.807) is 6.92 Å². The number of aryl methyl sites for hydroxylation is 1. The summed E-state index contributed by atoms with van der Waals surface area (Å²) >= 11 is 1.29. The van der Waals surface area contributed by atoms with Crippen molar-refractivity contribution in [1.29, 1.82) is 0 Å². The molecule has 0 aromatic carbocycles. The molecule has 1 fully saturated rings. The van der Waals surface area contributed by atoms with Gasteiger partial charge in [0.15, 0.2) is 0 Å². The van der Waals surface area contributed by atoms with E-state index < -0.39 is 5.97 Å². The van der Waals surface area contributed by atoms with E-state index in [2.05, 4.69) is 10.3 Å². The van der Waals surface area contributed by atoms with E-state index in [9.17, 15) is 4.79 Å². The van der Waals surface area contributed by atoms with Crippen molar-refractivity contribution in [3.63, 3.8) is 0 Å². The molecule has 1 aromatic heterocycles. The molecule has 1 aliphatic heterocycles. The normalized spacial score (nSPS) is 21.4. The number of nitrogens with zero attached hydrogens (tertiary/aromatic N) is 1. The van der Waals surface area contributed by atoms with E-state index in [0.29, 0.717) is 10.6 Å². The van der Waals surface area contributed by atoms with Crippen molar-refractivity contribution < 1.29 is 9.90 Å². The average molecular weight is 212 g/mol. The van der Waals surface area contributed by atoms with Crippen LogP contribution in [-0.2, 0) is 0 Å². The third kappa shape index (κ3) is 1.65. The highest BCUT2D eigenvalue weighted by Gasteiger charge is 2.22. The van der Waals surface area contributed by atoms with Gasteiger partial charge in [0.05, 0.1) is 11.7 Å². The molecule has 14 heavy (non-hydrogen) atoms. The first-order chi connectivity index (χ1) is 6.68. The van der Waals surface area contributed by atoms with Crippen LogP contribution < -0.4 is 5.32 Å². The maximum atomic E-state index is 10.8. The molecular weight excluding hydrogens is 200 g/mol. The topological polar surface area (TPSA) is 62.2 Å². The van der Waals surface area contributed by atoms with E-state index in [4.69, 9.17) is 5.11 Å². The molecule has 0 saturated carbocycles. The lowest BCUT2D eigenvalue weighted by atomic mass is 10.2. The monoisotopic (exact) mass is 212 g/mol. The number of hydrogen-bond acceptors (Lipinski definition) is 4. The Morgan fingerprint density at radius 2 is 2.50 bits per heavy atom. The SMILES string of the molecule is Cc1nc(C2CCCN2)sc1C(=O)O. The minimum absolute atomic E-state index is 0.270. The smallest absolute Gasteiger partial charge is 0.347 e. The molecule has 2 heterocycles. The second kappa shape index (κ2) is 3.67. The molecule has 1 saturated heterocycles. The molecule has 0 aliphatic carbocycles. The lowest BCUT2D eigenvalue weighted by Crippen LogP contribution is -2.12. The molecule has 0 radical (unpaired) electrons. The Morgan fingerprint density at radius 3 is 3.00 bits per heavy atom. The molecule has 2 rings (SSSR count). The lowest BCUT2D eigenvalue weighted by Gasteiger charge is -2.03. The Morgan fingerprint density at radius 1 is 1.71 bits per heavy atom. The zero-order chi connectivity index (χ0) is 10.1. The fourth-order valence-electron chi connectivity index (χ4n) is 1.66. The van der Waals surface area contributed by atoms with Gasteiger partial charge in [-0.1, -0.05) is 0 Å². The van der Waals surface area contributed by atoms with E-state index in [1.807, 2.05) is 0 Å². The third-order valence-corrected chi connectivity index (χ3v) is 3.62. The second-order valence-electron chi connectivity index (χ2n) is 3.42. The number of rotatable bonds is 2. The first kappa shape index (κ1) is 9.61. The number of aromatic nitrogens is 1. The van der Waals surface area contributed by atoms with Crippen molar-refractivity contribution in [2.45, 2.75) is 25.8 Å². The second-order valence-corrected chi connectivity index (χ2v) is 4.45. The van der Waals surface area contributed by atoms with Crippen molar-refractivity contribution in [1.82, 2.24) is 10.3 Å². The van der Waals surface area contributed by atoms with Crippen molar-refractivity contribution in [3.8, 4) is 0 Å². The summed E-state index contributed by atoms with van der Waals surface area (Å²) in [6.07, 6.45) is 2.21. The summed E-state index contributed by atoms with van der Waals surface area (Å²) in [7, 11) is 0. The molecular formula is C9H12N2O2S. The maximum Gasteiger partial charge on any atom is 0.347 e. The van der Waals surface area contributed by atoms with Crippen LogP contribution in [0.5, 0.6) is 0 Å². The molecule has 0 bridgehead atoms. The summed E-state index contributed by atoms with van der Waals surface area (Å²) in [5.74, 6) is -0.871. The number of hydrogen-bond donors (Lipinski definition) is 2. The summed E-state index contributed by atoms with van der Waals surface area (Å²) in [5.41, 5.74) is 0.631. The van der Waals surface area contributed by atoms with Crippen LogP contribution in [0.3, 0.4) is 0 Å². The maximum absolute atomic E-state index is 10.8. The van der Waals surface area contributed by atoms with Gasteiger partial charge in [-0.05, 0) is 26.3 Å². The van der Waals surface area contributed by atoms with Crippen LogP contribution in [0.15, 0.2) is 0 Å². The molecule has 76 valence electrons. The summed E-state index contributed by atoms with van der Waals surface area (Å²) < 4.78 is 0. The summed E-state index contributed by atoms with van der Waals surface area (Å²) in [6.45, 7) is 2.75. The van der Waals surface area contributed by atoms with Crippen molar-refractivity contribution >= 4 is 17.3 Å². The Labute approximate surface area is 86.0 Å². The van der Waals surface area contributed by atoms with Gasteiger partial charge in [-0.2, -0.15) is 0 Å². The number of carboxylic acid groups (broad SMARTS) is 1. The van der Waals surface area contributed by atoms with E-state index in [-0.39, 0.29) is 6.04 Å². The Hall–Kier alpha value is -0.940. The van der Waals surface area contributed by atoms with Gasteiger partial charge in [0.1, 0.15) is 9.88 Å². The highest BCUT2D eigenvalue weighted by atomic mass is 32.1. The van der Waals surface area contributed by atoms with Gasteiger partial charge >= 0.3 is 5.97 Å². The molecule has 0 spiro atoms. The molecule has 0 amide bonds. The summed E-state index contributed by atoms with van der Waals surface area (Å²) in [6, 6.07) is 0.270. The largest absolute Gasteiger partial charge is 0.477 e. The molecule has 4 nitrogen and oxygen atoms in total. The Bertz CT molecular complexity index is 356. The number of carboxylic acids is 1. The molecule has 1 atom stereocenters. The number of nitrogens with one attached hydrogen (secondary N) is 1. The highest BCUT2D eigenvalue weighted by molar-refractivity contribution is 7.13. The lowest BCUT2D eigenvalue weighted by molar-refractivity contribution is 0.0701. The molecule has 2 N–H and O–H groups in total. The first-order valence-electron chi connectivity index (χ1n) is 4.62. The first-order valence-corrected chi connectivity index (χ1v) is 5.44. The fourth-order valence-corrected chi connectivity index (χ4v) is 2.68. The zero-order valence-electron chi connectivity index (χ0n) is 7.91. The minimum atomic E-state index is -0.871. The van der Waals surface area contributed by atoms with Crippen molar-refractivity contribution in [2.75, 3.05) is 6.54 Å². The minimum Gasteiger partial charge on any atom is -0.477 e. The van der Waals surface area contributed by atoms with Crippen molar-refractivity contribution in [3.05, 3.63) is 15.6 Å². The van der Waals surface area contributed by atoms with E-state index in [0.717, 1.165) is 24.4 Å². The standard InChI is InChI=1S/C9H12N2O2S/c1-5-7(9(12)13)14-8(11-5)6-3-2-4-10-6/h6,10H,2-4H2,1H3,(H,12,13). The van der Waals surface area contributed by atoms with E-state index >= 15 is 0 Å². The molecule has 5 heteroatoms.